The first-order chi connectivity index (χ1) is 6.15. The van der Waals surface area contributed by atoms with Gasteiger partial charge >= 0.3 is 0 Å². The third-order valence-corrected chi connectivity index (χ3v) is 4.84. The van der Waals surface area contributed by atoms with Crippen LogP contribution in [-0.4, -0.2) is 0 Å². The molecule has 0 saturated heterocycles. The lowest BCUT2D eigenvalue weighted by Gasteiger charge is -2.45. The topological polar surface area (TPSA) is 0 Å². The van der Waals surface area contributed by atoms with E-state index in [1.165, 1.54) is 19.3 Å². The quantitative estimate of drug-likeness (QED) is 0.616. The lowest BCUT2D eigenvalue weighted by Crippen LogP contribution is -2.38. The Hall–Kier alpha value is 0. The number of rotatable bonds is 3. The summed E-state index contributed by atoms with van der Waals surface area (Å²) < 4.78 is 0. The maximum atomic E-state index is 2.51. The third-order valence-electron chi connectivity index (χ3n) is 4.84. The van der Waals surface area contributed by atoms with E-state index in [0.29, 0.717) is 0 Å². The van der Waals surface area contributed by atoms with E-state index in [4.69, 9.17) is 0 Å². The summed E-state index contributed by atoms with van der Waals surface area (Å²) in [5.41, 5.74) is 0. The highest BCUT2D eigenvalue weighted by Crippen LogP contribution is 2.55. The minimum atomic E-state index is 1.02. The molecule has 0 N–H and O–H groups in total. The summed E-state index contributed by atoms with van der Waals surface area (Å²) in [4.78, 5) is 0. The minimum Gasteiger partial charge on any atom is -0.0651 e. The second-order valence-electron chi connectivity index (χ2n) is 5.69. The van der Waals surface area contributed by atoms with Gasteiger partial charge in [-0.15, -0.1) is 0 Å². The van der Waals surface area contributed by atoms with Crippen molar-refractivity contribution in [1.82, 2.24) is 0 Å². The predicted octanol–water partition coefficient (Wildman–Crippen LogP) is 3.96. The lowest BCUT2D eigenvalue weighted by molar-refractivity contribution is 0.0376. The highest BCUT2D eigenvalue weighted by Gasteiger charge is 2.48. The van der Waals surface area contributed by atoms with E-state index < -0.39 is 0 Å². The zero-order chi connectivity index (χ0) is 9.59. The van der Waals surface area contributed by atoms with Crippen LogP contribution in [0.25, 0.3) is 0 Å². The average Bonchev–Trinajstić information content (AvgIpc) is 2.82. The first-order valence-electron chi connectivity index (χ1n) is 6.15. The van der Waals surface area contributed by atoms with Crippen molar-refractivity contribution < 1.29 is 0 Å². The Kier molecular flexibility index (Phi) is 2.42. The van der Waals surface area contributed by atoms with Crippen molar-refractivity contribution in [1.29, 1.82) is 0 Å². The zero-order valence-corrected chi connectivity index (χ0v) is 9.59. The molecule has 5 atom stereocenters. The van der Waals surface area contributed by atoms with Crippen molar-refractivity contribution in [3.63, 3.8) is 0 Å². The van der Waals surface area contributed by atoms with Gasteiger partial charge < -0.3 is 0 Å². The summed E-state index contributed by atoms with van der Waals surface area (Å²) in [6.07, 6.45) is 4.44. The van der Waals surface area contributed by atoms with Gasteiger partial charge in [0.1, 0.15) is 0 Å². The van der Waals surface area contributed by atoms with E-state index in [0.717, 1.165) is 35.5 Å². The van der Waals surface area contributed by atoms with Crippen molar-refractivity contribution >= 4 is 0 Å². The van der Waals surface area contributed by atoms with Gasteiger partial charge in [0, 0.05) is 0 Å². The Bertz CT molecular complexity index is 176. The summed E-state index contributed by atoms with van der Waals surface area (Å²) in [5.74, 6) is 6.30. The molecule has 0 heteroatoms. The minimum absolute atomic E-state index is 1.02. The van der Waals surface area contributed by atoms with Crippen LogP contribution < -0.4 is 0 Å². The smallest absolute Gasteiger partial charge is 0.0334 e. The maximum absolute atomic E-state index is 2.51. The fourth-order valence-electron chi connectivity index (χ4n) is 3.97. The Labute approximate surface area is 83.1 Å². The molecule has 2 fully saturated rings. The third kappa shape index (κ3) is 1.53. The molecular weight excluding hydrogens is 156 g/mol. The van der Waals surface area contributed by atoms with E-state index in [-0.39, 0.29) is 0 Å². The average molecular weight is 180 g/mol. The summed E-state index contributed by atoms with van der Waals surface area (Å²) in [6, 6.07) is 0. The van der Waals surface area contributed by atoms with Crippen LogP contribution in [-0.2, 0) is 0 Å². The van der Waals surface area contributed by atoms with Gasteiger partial charge in [0.2, 0.25) is 0 Å². The van der Waals surface area contributed by atoms with E-state index in [1.807, 2.05) is 0 Å². The normalized spacial score (nSPS) is 51.2. The van der Waals surface area contributed by atoms with Gasteiger partial charge in [-0.05, 0) is 48.3 Å². The summed E-state index contributed by atoms with van der Waals surface area (Å²) >= 11 is 0. The van der Waals surface area contributed by atoms with Crippen molar-refractivity contribution in [2.24, 2.45) is 35.5 Å². The molecule has 2 aliphatic rings. The van der Waals surface area contributed by atoms with Gasteiger partial charge in [-0.3, -0.25) is 0 Å². The van der Waals surface area contributed by atoms with Gasteiger partial charge in [-0.25, -0.2) is 0 Å². The molecule has 2 rings (SSSR count). The van der Waals surface area contributed by atoms with Crippen LogP contribution in [0, 0.1) is 35.5 Å². The van der Waals surface area contributed by atoms with Gasteiger partial charge in [-0.2, -0.15) is 0 Å². The standard InChI is InChI=1S/C13H24/c1-5-11-7-12(11)10(4)13-8(2)6-9(13)3/h8-13H,5-7H2,1-4H3. The molecule has 0 aromatic rings. The predicted molar refractivity (Wildman–Crippen MR) is 57.5 cm³/mol. The SMILES string of the molecule is CCC1CC1C(C)C1C(C)CC1C. The molecule has 0 heterocycles. The van der Waals surface area contributed by atoms with Crippen molar-refractivity contribution in [2.45, 2.75) is 47.0 Å². The summed E-state index contributed by atoms with van der Waals surface area (Å²) in [7, 11) is 0. The van der Waals surface area contributed by atoms with E-state index in [9.17, 15) is 0 Å². The molecule has 0 aliphatic heterocycles. The van der Waals surface area contributed by atoms with Crippen LogP contribution in [0.4, 0.5) is 0 Å². The monoisotopic (exact) mass is 180 g/mol. The lowest BCUT2D eigenvalue weighted by atomic mass is 9.60. The highest BCUT2D eigenvalue weighted by atomic mass is 14.5. The molecule has 13 heavy (non-hydrogen) atoms. The first-order valence-corrected chi connectivity index (χ1v) is 6.15. The first kappa shape index (κ1) is 9.55. The van der Waals surface area contributed by atoms with Gasteiger partial charge in [0.05, 0.1) is 0 Å². The summed E-state index contributed by atoms with van der Waals surface area (Å²) in [5, 5.41) is 0. The van der Waals surface area contributed by atoms with Gasteiger partial charge in [0.15, 0.2) is 0 Å². The Morgan fingerprint density at radius 1 is 1.15 bits per heavy atom. The largest absolute Gasteiger partial charge is 0.0651 e. The molecule has 0 spiro atoms. The molecular formula is C13H24. The highest BCUT2D eigenvalue weighted by molar-refractivity contribution is 4.97. The molecule has 0 aromatic heterocycles. The van der Waals surface area contributed by atoms with E-state index >= 15 is 0 Å². The molecule has 0 aromatic carbocycles. The molecule has 0 amide bonds. The second-order valence-corrected chi connectivity index (χ2v) is 5.69. The van der Waals surface area contributed by atoms with Crippen molar-refractivity contribution in [3.8, 4) is 0 Å². The summed E-state index contributed by atoms with van der Waals surface area (Å²) in [6.45, 7) is 9.76. The van der Waals surface area contributed by atoms with Gasteiger partial charge in [-0.1, -0.05) is 34.1 Å². The second kappa shape index (κ2) is 3.29. The zero-order valence-electron chi connectivity index (χ0n) is 9.59. The van der Waals surface area contributed by atoms with E-state index in [1.54, 1.807) is 0 Å². The molecule has 2 aliphatic carbocycles. The number of hydrogen-bond donors (Lipinski definition) is 0. The maximum Gasteiger partial charge on any atom is -0.0334 e. The fourth-order valence-corrected chi connectivity index (χ4v) is 3.97. The van der Waals surface area contributed by atoms with Crippen LogP contribution in [0.1, 0.15) is 47.0 Å². The fraction of sp³-hybridized carbons (Fsp3) is 1.00. The Morgan fingerprint density at radius 2 is 1.77 bits per heavy atom. The van der Waals surface area contributed by atoms with Crippen LogP contribution in [0.15, 0.2) is 0 Å². The van der Waals surface area contributed by atoms with E-state index in [2.05, 4.69) is 27.7 Å². The molecule has 0 bridgehead atoms. The van der Waals surface area contributed by atoms with Crippen molar-refractivity contribution in [2.75, 3.05) is 0 Å². The van der Waals surface area contributed by atoms with Crippen LogP contribution in [0.3, 0.4) is 0 Å². The molecule has 5 unspecified atom stereocenters. The Morgan fingerprint density at radius 3 is 2.15 bits per heavy atom. The molecule has 0 nitrogen and oxygen atoms in total. The Balaban J connectivity index is 1.87. The van der Waals surface area contributed by atoms with Crippen LogP contribution in [0.5, 0.6) is 0 Å². The molecule has 76 valence electrons. The van der Waals surface area contributed by atoms with Crippen molar-refractivity contribution in [3.05, 3.63) is 0 Å². The number of hydrogen-bond acceptors (Lipinski definition) is 0. The van der Waals surface area contributed by atoms with Gasteiger partial charge in [0.25, 0.3) is 0 Å². The molecule has 2 saturated carbocycles. The van der Waals surface area contributed by atoms with Crippen LogP contribution in [0.2, 0.25) is 0 Å². The molecule has 0 radical (unpaired) electrons. The van der Waals surface area contributed by atoms with Crippen LogP contribution >= 0.6 is 0 Å².